The lowest BCUT2D eigenvalue weighted by atomic mass is 9.79. The lowest BCUT2D eigenvalue weighted by Gasteiger charge is -2.29. The molecule has 2 bridgehead atoms. The van der Waals surface area contributed by atoms with E-state index in [9.17, 15) is 4.79 Å². The monoisotopic (exact) mass is 296 g/mol. The molecule has 0 N–H and O–H groups in total. The van der Waals surface area contributed by atoms with Crippen molar-refractivity contribution in [3.05, 3.63) is 40.5 Å². The van der Waals surface area contributed by atoms with Gasteiger partial charge in [0.15, 0.2) is 0 Å². The Kier molecular flexibility index (Phi) is 3.01. The third kappa shape index (κ3) is 2.29. The molecular weight excluding hydrogens is 272 g/mol. The van der Waals surface area contributed by atoms with Crippen LogP contribution in [0, 0.1) is 5.92 Å². The summed E-state index contributed by atoms with van der Waals surface area (Å²) < 4.78 is 5.63. The average molecular weight is 296 g/mol. The number of ether oxygens (including phenoxy) is 1. The molecule has 0 saturated heterocycles. The lowest BCUT2D eigenvalue weighted by molar-refractivity contribution is -0.161. The first-order valence-electron chi connectivity index (χ1n) is 8.47. The van der Waals surface area contributed by atoms with Crippen LogP contribution in [0.25, 0.3) is 6.08 Å². The maximum absolute atomic E-state index is 12.5. The molecule has 1 aromatic carbocycles. The Bertz CT molecular complexity index is 663. The van der Waals surface area contributed by atoms with E-state index in [4.69, 9.17) is 4.74 Å². The van der Waals surface area contributed by atoms with E-state index in [2.05, 4.69) is 24.3 Å². The minimum absolute atomic E-state index is 0.00226. The molecule has 2 heteroatoms. The summed E-state index contributed by atoms with van der Waals surface area (Å²) in [5, 5.41) is 0. The molecule has 3 unspecified atom stereocenters. The van der Waals surface area contributed by atoms with E-state index < -0.39 is 0 Å². The Morgan fingerprint density at radius 1 is 1.09 bits per heavy atom. The van der Waals surface area contributed by atoms with Crippen molar-refractivity contribution in [1.82, 2.24) is 0 Å². The molecule has 0 heterocycles. The highest BCUT2D eigenvalue weighted by Crippen LogP contribution is 2.53. The van der Waals surface area contributed by atoms with E-state index in [1.54, 1.807) is 0 Å². The van der Waals surface area contributed by atoms with Crippen LogP contribution in [0.1, 0.15) is 74.1 Å². The zero-order chi connectivity index (χ0) is 15.5. The van der Waals surface area contributed by atoms with Gasteiger partial charge in [-0.1, -0.05) is 24.3 Å². The summed E-state index contributed by atoms with van der Waals surface area (Å²) >= 11 is 0. The molecular formula is C20H24O2. The van der Waals surface area contributed by atoms with Crippen LogP contribution in [0.2, 0.25) is 0 Å². The van der Waals surface area contributed by atoms with Gasteiger partial charge in [-0.25, -0.2) is 0 Å². The number of hydrogen-bond acceptors (Lipinski definition) is 2. The van der Waals surface area contributed by atoms with E-state index in [0.29, 0.717) is 11.8 Å². The smallest absolute Gasteiger partial charge is 0.309 e. The number of hydrogen-bond donors (Lipinski definition) is 0. The topological polar surface area (TPSA) is 26.3 Å². The first-order valence-corrected chi connectivity index (χ1v) is 8.47. The van der Waals surface area contributed by atoms with Crippen LogP contribution in [0.4, 0.5) is 0 Å². The number of rotatable bonds is 1. The zero-order valence-corrected chi connectivity index (χ0v) is 13.7. The highest BCUT2D eigenvalue weighted by atomic mass is 16.6. The molecule has 1 saturated carbocycles. The molecule has 3 aliphatic rings. The number of fused-ring (bicyclic) bond motifs is 6. The summed E-state index contributed by atoms with van der Waals surface area (Å²) in [6.45, 7) is 5.86. The summed E-state index contributed by atoms with van der Waals surface area (Å²) in [5.74, 6) is 1.17. The molecule has 4 rings (SSSR count). The third-order valence-electron chi connectivity index (χ3n) is 5.31. The predicted octanol–water partition coefficient (Wildman–Crippen LogP) is 4.58. The van der Waals surface area contributed by atoms with E-state index in [-0.39, 0.29) is 17.5 Å². The second kappa shape index (κ2) is 4.71. The third-order valence-corrected chi connectivity index (χ3v) is 5.31. The molecule has 0 radical (unpaired) electrons. The van der Waals surface area contributed by atoms with E-state index in [0.717, 1.165) is 19.3 Å². The van der Waals surface area contributed by atoms with Gasteiger partial charge in [-0.05, 0) is 80.5 Å². The fourth-order valence-electron chi connectivity index (χ4n) is 4.45. The van der Waals surface area contributed by atoms with Gasteiger partial charge in [0.05, 0.1) is 5.92 Å². The average Bonchev–Trinajstić information content (AvgIpc) is 2.99. The second-order valence-corrected chi connectivity index (χ2v) is 8.12. The van der Waals surface area contributed by atoms with Crippen molar-refractivity contribution in [2.24, 2.45) is 5.92 Å². The Morgan fingerprint density at radius 3 is 2.45 bits per heavy atom. The lowest BCUT2D eigenvalue weighted by Crippen LogP contribution is -2.31. The maximum Gasteiger partial charge on any atom is 0.309 e. The molecule has 116 valence electrons. The fourth-order valence-corrected chi connectivity index (χ4v) is 4.45. The minimum atomic E-state index is -0.383. The summed E-state index contributed by atoms with van der Waals surface area (Å²) in [4.78, 5) is 12.5. The van der Waals surface area contributed by atoms with Gasteiger partial charge in [0, 0.05) is 0 Å². The first kappa shape index (κ1) is 14.0. The van der Waals surface area contributed by atoms with Gasteiger partial charge >= 0.3 is 5.97 Å². The highest BCUT2D eigenvalue weighted by molar-refractivity contribution is 5.74. The zero-order valence-electron chi connectivity index (χ0n) is 13.7. The van der Waals surface area contributed by atoms with E-state index in [1.807, 2.05) is 20.8 Å². The van der Waals surface area contributed by atoms with Crippen LogP contribution >= 0.6 is 0 Å². The molecule has 1 fully saturated rings. The molecule has 0 aromatic heterocycles. The molecule has 0 amide bonds. The van der Waals surface area contributed by atoms with Gasteiger partial charge in [0.2, 0.25) is 0 Å². The highest BCUT2D eigenvalue weighted by Gasteiger charge is 2.42. The number of benzene rings is 1. The van der Waals surface area contributed by atoms with Crippen molar-refractivity contribution in [2.45, 2.75) is 63.9 Å². The summed E-state index contributed by atoms with van der Waals surface area (Å²) in [5.41, 5.74) is 5.48. The largest absolute Gasteiger partial charge is 0.460 e. The Hall–Kier alpha value is -1.57. The van der Waals surface area contributed by atoms with Crippen molar-refractivity contribution in [2.75, 3.05) is 0 Å². The summed E-state index contributed by atoms with van der Waals surface area (Å²) in [7, 11) is 0. The van der Waals surface area contributed by atoms with Crippen LogP contribution in [-0.4, -0.2) is 11.6 Å². The predicted molar refractivity (Wildman–Crippen MR) is 87.8 cm³/mol. The number of carbonyl (C=O) groups is 1. The number of allylic oxidation sites excluding steroid dienone is 1. The van der Waals surface area contributed by atoms with Crippen LogP contribution in [0.3, 0.4) is 0 Å². The van der Waals surface area contributed by atoms with Gasteiger partial charge in [0.25, 0.3) is 0 Å². The van der Waals surface area contributed by atoms with Crippen molar-refractivity contribution < 1.29 is 9.53 Å². The van der Waals surface area contributed by atoms with Crippen molar-refractivity contribution >= 4 is 12.0 Å². The van der Waals surface area contributed by atoms with Gasteiger partial charge < -0.3 is 4.74 Å². The molecule has 22 heavy (non-hydrogen) atoms. The van der Waals surface area contributed by atoms with Gasteiger partial charge in [-0.2, -0.15) is 0 Å². The van der Waals surface area contributed by atoms with Crippen molar-refractivity contribution in [1.29, 1.82) is 0 Å². The molecule has 3 aliphatic carbocycles. The van der Waals surface area contributed by atoms with Crippen molar-refractivity contribution in [3.63, 3.8) is 0 Å². The van der Waals surface area contributed by atoms with Gasteiger partial charge in [-0.3, -0.25) is 4.79 Å². The molecule has 0 spiro atoms. The molecule has 3 atom stereocenters. The molecule has 0 aliphatic heterocycles. The molecule has 1 aromatic rings. The Morgan fingerprint density at radius 2 is 1.77 bits per heavy atom. The minimum Gasteiger partial charge on any atom is -0.460 e. The normalized spacial score (nSPS) is 28.4. The Balaban J connectivity index is 1.59. The SMILES string of the molecule is CC(C)(C)OC(=O)C1CC2CC(C1)c1cc3c(cc12)C=CC3. The second-order valence-electron chi connectivity index (χ2n) is 8.12. The van der Waals surface area contributed by atoms with Crippen LogP contribution in [0.5, 0.6) is 0 Å². The number of carbonyl (C=O) groups excluding carboxylic acids is 1. The number of esters is 1. The van der Waals surface area contributed by atoms with Crippen LogP contribution in [0.15, 0.2) is 18.2 Å². The van der Waals surface area contributed by atoms with E-state index >= 15 is 0 Å². The first-order chi connectivity index (χ1) is 10.4. The standard InChI is InChI=1S/C20H24O2/c1-20(2,3)22-19(21)16-8-14-7-15(9-16)18-11-13-6-4-5-12(13)10-17(14)18/h4-5,10-11,14-16H,6-9H2,1-3H3. The Labute approximate surface area is 132 Å². The maximum atomic E-state index is 12.5. The van der Waals surface area contributed by atoms with Crippen LogP contribution < -0.4 is 0 Å². The molecule has 2 nitrogen and oxygen atoms in total. The summed E-state index contributed by atoms with van der Waals surface area (Å²) in [6.07, 6.45) is 8.70. The summed E-state index contributed by atoms with van der Waals surface area (Å²) in [6, 6.07) is 4.79. The van der Waals surface area contributed by atoms with Gasteiger partial charge in [-0.15, -0.1) is 0 Å². The van der Waals surface area contributed by atoms with Gasteiger partial charge in [0.1, 0.15) is 5.60 Å². The van der Waals surface area contributed by atoms with Crippen molar-refractivity contribution in [3.8, 4) is 0 Å². The van der Waals surface area contributed by atoms with Crippen LogP contribution in [-0.2, 0) is 16.0 Å². The fraction of sp³-hybridized carbons (Fsp3) is 0.550. The quantitative estimate of drug-likeness (QED) is 0.709. The van der Waals surface area contributed by atoms with E-state index in [1.165, 1.54) is 28.7 Å².